The van der Waals surface area contributed by atoms with Crippen molar-refractivity contribution in [2.75, 3.05) is 13.1 Å². The summed E-state index contributed by atoms with van der Waals surface area (Å²) in [5, 5.41) is 43.4. The first-order valence-electron chi connectivity index (χ1n) is 8.92. The zero-order valence-corrected chi connectivity index (χ0v) is 15.8. The fourth-order valence-electron chi connectivity index (χ4n) is 2.48. The minimum absolute atomic E-state index is 0.0244. The van der Waals surface area contributed by atoms with E-state index in [1.807, 2.05) is 0 Å². The Morgan fingerprint density at radius 3 is 1.66 bits per heavy atom. The van der Waals surface area contributed by atoms with Crippen LogP contribution < -0.4 is 10.6 Å². The lowest BCUT2D eigenvalue weighted by molar-refractivity contribution is -0.151. The van der Waals surface area contributed by atoms with Crippen molar-refractivity contribution in [1.82, 2.24) is 10.6 Å². The molecule has 0 radical (unpaired) electrons. The average molecular weight is 404 g/mol. The van der Waals surface area contributed by atoms with E-state index in [2.05, 4.69) is 10.6 Å². The molecule has 0 heterocycles. The van der Waals surface area contributed by atoms with Crippen molar-refractivity contribution in [3.8, 4) is 11.5 Å². The van der Waals surface area contributed by atoms with Gasteiger partial charge in [0.1, 0.15) is 17.6 Å². The van der Waals surface area contributed by atoms with Gasteiger partial charge >= 0.3 is 0 Å². The zero-order valence-electron chi connectivity index (χ0n) is 15.8. The second kappa shape index (κ2) is 10.4. The number of hydrogen-bond donors (Lipinski definition) is 6. The van der Waals surface area contributed by atoms with Crippen LogP contribution in [-0.4, -0.2) is 63.8 Å². The number of ether oxygens (including phenoxy) is 1. The number of phenols is 2. The lowest BCUT2D eigenvalue weighted by atomic mass is 10.1. The first kappa shape index (κ1) is 22.2. The van der Waals surface area contributed by atoms with E-state index >= 15 is 0 Å². The van der Waals surface area contributed by atoms with Crippen LogP contribution in [0.15, 0.2) is 48.5 Å². The van der Waals surface area contributed by atoms with Crippen LogP contribution in [0.3, 0.4) is 0 Å². The Kier molecular flexibility index (Phi) is 7.96. The molecule has 0 fully saturated rings. The van der Waals surface area contributed by atoms with Gasteiger partial charge in [0.05, 0.1) is 6.10 Å². The Hall–Kier alpha value is -3.14. The molecule has 0 aromatic heterocycles. The molecule has 2 amide bonds. The molecule has 0 spiro atoms. The summed E-state index contributed by atoms with van der Waals surface area (Å²) in [7, 11) is 0. The van der Waals surface area contributed by atoms with E-state index < -0.39 is 30.3 Å². The molecule has 0 aliphatic carbocycles. The molecule has 0 aliphatic heterocycles. The van der Waals surface area contributed by atoms with Crippen LogP contribution in [0, 0.1) is 0 Å². The average Bonchev–Trinajstić information content (AvgIpc) is 2.69. The molecule has 0 bridgehead atoms. The fourth-order valence-corrected chi connectivity index (χ4v) is 2.48. The molecule has 9 heteroatoms. The lowest BCUT2D eigenvalue weighted by Crippen LogP contribution is -2.47. The normalized spacial score (nSPS) is 13.9. The number of carbonyl (C=O) groups is 2. The fraction of sp³-hybridized carbons (Fsp3) is 0.300. The number of aromatic hydroxyl groups is 2. The first-order valence-corrected chi connectivity index (χ1v) is 8.92. The summed E-state index contributed by atoms with van der Waals surface area (Å²) in [5.41, 5.74) is 0.595. The van der Waals surface area contributed by atoms with Gasteiger partial charge in [-0.15, -0.1) is 0 Å². The summed E-state index contributed by atoms with van der Waals surface area (Å²) in [5.74, 6) is -0.870. The second-order valence-corrected chi connectivity index (χ2v) is 6.35. The van der Waals surface area contributed by atoms with Crippen LogP contribution in [0.1, 0.15) is 27.6 Å². The smallest absolute Gasteiger partial charge is 0.251 e. The molecule has 29 heavy (non-hydrogen) atoms. The maximum Gasteiger partial charge on any atom is 0.251 e. The SMILES string of the molecule is CC(O)OC(CNC(=O)c1ccc(O)cc1)C(O)CNC(=O)c1ccc(O)cc1. The first-order chi connectivity index (χ1) is 13.8. The Balaban J connectivity index is 1.91. The van der Waals surface area contributed by atoms with Gasteiger partial charge in [0, 0.05) is 24.2 Å². The molecule has 0 aliphatic rings. The number of benzene rings is 2. The van der Waals surface area contributed by atoms with Gasteiger partial charge in [-0.25, -0.2) is 0 Å². The quantitative estimate of drug-likeness (QED) is 0.330. The third kappa shape index (κ3) is 7.07. The van der Waals surface area contributed by atoms with E-state index in [0.29, 0.717) is 11.1 Å². The van der Waals surface area contributed by atoms with Crippen molar-refractivity contribution in [3.05, 3.63) is 59.7 Å². The highest BCUT2D eigenvalue weighted by atomic mass is 16.6. The number of aliphatic hydroxyl groups excluding tert-OH is 2. The number of phenolic OH excluding ortho intramolecular Hbond substituents is 2. The Morgan fingerprint density at radius 2 is 1.24 bits per heavy atom. The van der Waals surface area contributed by atoms with Crippen molar-refractivity contribution in [1.29, 1.82) is 0 Å². The van der Waals surface area contributed by atoms with Crippen molar-refractivity contribution in [2.45, 2.75) is 25.4 Å². The Labute approximate surface area is 167 Å². The van der Waals surface area contributed by atoms with Gasteiger partial charge in [-0.3, -0.25) is 9.59 Å². The summed E-state index contributed by atoms with van der Waals surface area (Å²) in [6.07, 6.45) is -3.41. The molecule has 3 atom stereocenters. The van der Waals surface area contributed by atoms with Gasteiger partial charge in [-0.1, -0.05) is 0 Å². The maximum atomic E-state index is 12.2. The van der Waals surface area contributed by atoms with Gasteiger partial charge in [0.25, 0.3) is 11.8 Å². The van der Waals surface area contributed by atoms with Crippen molar-refractivity contribution < 1.29 is 34.8 Å². The highest BCUT2D eigenvalue weighted by Gasteiger charge is 2.23. The monoisotopic (exact) mass is 404 g/mol. The molecule has 3 unspecified atom stereocenters. The minimum Gasteiger partial charge on any atom is -0.508 e. The number of rotatable bonds is 9. The van der Waals surface area contributed by atoms with Crippen molar-refractivity contribution >= 4 is 11.8 Å². The van der Waals surface area contributed by atoms with Crippen LogP contribution in [0.25, 0.3) is 0 Å². The van der Waals surface area contributed by atoms with E-state index in [0.717, 1.165) is 0 Å². The summed E-state index contributed by atoms with van der Waals surface area (Å²) in [6, 6.07) is 11.2. The molecule has 9 nitrogen and oxygen atoms in total. The van der Waals surface area contributed by atoms with Crippen LogP contribution in [-0.2, 0) is 4.74 Å². The molecular formula is C20H24N2O7. The number of carbonyl (C=O) groups excluding carboxylic acids is 2. The van der Waals surface area contributed by atoms with E-state index in [4.69, 9.17) is 4.74 Å². The minimum atomic E-state index is -1.22. The van der Waals surface area contributed by atoms with E-state index in [-0.39, 0.29) is 24.6 Å². The summed E-state index contributed by atoms with van der Waals surface area (Å²) < 4.78 is 5.24. The van der Waals surface area contributed by atoms with Crippen LogP contribution in [0.4, 0.5) is 0 Å². The molecule has 0 saturated heterocycles. The number of hydrogen-bond acceptors (Lipinski definition) is 7. The molecule has 2 rings (SSSR count). The molecule has 2 aromatic carbocycles. The molecule has 2 aromatic rings. The van der Waals surface area contributed by atoms with Gasteiger partial charge in [0.15, 0.2) is 6.29 Å². The highest BCUT2D eigenvalue weighted by molar-refractivity contribution is 5.94. The topological polar surface area (TPSA) is 148 Å². The molecule has 156 valence electrons. The van der Waals surface area contributed by atoms with Crippen LogP contribution in [0.2, 0.25) is 0 Å². The second-order valence-electron chi connectivity index (χ2n) is 6.35. The summed E-state index contributed by atoms with van der Waals surface area (Å²) in [4.78, 5) is 24.3. The van der Waals surface area contributed by atoms with Crippen molar-refractivity contribution in [3.63, 3.8) is 0 Å². The largest absolute Gasteiger partial charge is 0.508 e. The van der Waals surface area contributed by atoms with Gasteiger partial charge in [-0.2, -0.15) is 0 Å². The predicted octanol–water partition coefficient (Wildman–Crippen LogP) is 0.342. The van der Waals surface area contributed by atoms with Gasteiger partial charge in [0.2, 0.25) is 0 Å². The number of amides is 2. The third-order valence-corrected chi connectivity index (χ3v) is 4.00. The van der Waals surface area contributed by atoms with Crippen molar-refractivity contribution in [2.24, 2.45) is 0 Å². The Morgan fingerprint density at radius 1 is 0.828 bits per heavy atom. The third-order valence-electron chi connectivity index (χ3n) is 4.00. The lowest BCUT2D eigenvalue weighted by Gasteiger charge is -2.25. The van der Waals surface area contributed by atoms with E-state index in [9.17, 15) is 30.0 Å². The summed E-state index contributed by atoms with van der Waals surface area (Å²) >= 11 is 0. The predicted molar refractivity (Wildman–Crippen MR) is 103 cm³/mol. The maximum absolute atomic E-state index is 12.2. The van der Waals surface area contributed by atoms with Gasteiger partial charge < -0.3 is 35.8 Å². The Bertz CT molecular complexity index is 807. The van der Waals surface area contributed by atoms with E-state index in [1.54, 1.807) is 0 Å². The van der Waals surface area contributed by atoms with E-state index in [1.165, 1.54) is 55.5 Å². The number of nitrogens with one attached hydrogen (secondary N) is 2. The molecule has 0 saturated carbocycles. The van der Waals surface area contributed by atoms with Gasteiger partial charge in [-0.05, 0) is 55.5 Å². The highest BCUT2D eigenvalue weighted by Crippen LogP contribution is 2.11. The van der Waals surface area contributed by atoms with Crippen LogP contribution >= 0.6 is 0 Å². The zero-order chi connectivity index (χ0) is 21.4. The molecule has 6 N–H and O–H groups in total. The number of aliphatic hydroxyl groups is 2. The standard InChI is InChI=1S/C20H24N2O7/c1-12(23)29-18(11-22-20(28)14-4-8-16(25)9-5-14)17(26)10-21-19(27)13-2-6-15(24)7-3-13/h2-9,12,17-18,23-26H,10-11H2,1H3,(H,21,27)(H,22,28). The summed E-state index contributed by atoms with van der Waals surface area (Å²) in [6.45, 7) is 1.05. The molecular weight excluding hydrogens is 380 g/mol. The van der Waals surface area contributed by atoms with Crippen LogP contribution in [0.5, 0.6) is 11.5 Å².